The van der Waals surface area contributed by atoms with Crippen molar-refractivity contribution in [3.8, 4) is 0 Å². The van der Waals surface area contributed by atoms with E-state index in [1.54, 1.807) is 6.92 Å². The molecule has 0 spiro atoms. The lowest BCUT2D eigenvalue weighted by atomic mass is 10.0. The van der Waals surface area contributed by atoms with E-state index in [4.69, 9.17) is 0 Å². The van der Waals surface area contributed by atoms with E-state index in [1.165, 1.54) is 19.1 Å². The van der Waals surface area contributed by atoms with Crippen LogP contribution >= 0.6 is 0 Å². The summed E-state index contributed by atoms with van der Waals surface area (Å²) in [7, 11) is 0. The minimum atomic E-state index is -4.55. The number of carbonyl (C=O) groups excluding carboxylic acids is 2. The first kappa shape index (κ1) is 19.9. The molecular weight excluding hydrogens is 297 g/mol. The van der Waals surface area contributed by atoms with Crippen LogP contribution in [0.15, 0.2) is 35.9 Å². The lowest BCUT2D eigenvalue weighted by Crippen LogP contribution is -2.17. The summed E-state index contributed by atoms with van der Waals surface area (Å²) < 4.78 is 42.4. The molecule has 3 nitrogen and oxygen atoms in total. The van der Waals surface area contributed by atoms with Gasteiger partial charge in [0.2, 0.25) is 0 Å². The fourth-order valence-electron chi connectivity index (χ4n) is 1.54. The highest BCUT2D eigenvalue weighted by molar-refractivity contribution is 6.24. The summed E-state index contributed by atoms with van der Waals surface area (Å²) >= 11 is 0. The van der Waals surface area contributed by atoms with Crippen LogP contribution in [0.4, 0.5) is 13.2 Å². The molecule has 0 aliphatic carbocycles. The number of ether oxygens (including phenoxy) is 1. The largest absolute Gasteiger partial charge is 0.462 e. The van der Waals surface area contributed by atoms with Crippen LogP contribution in [0, 0.1) is 0 Å². The lowest BCUT2D eigenvalue weighted by Gasteiger charge is -2.09. The predicted octanol–water partition coefficient (Wildman–Crippen LogP) is 4.42. The number of hydrogen-bond acceptors (Lipinski definition) is 3. The van der Waals surface area contributed by atoms with Crippen molar-refractivity contribution in [1.82, 2.24) is 0 Å². The second-order valence-corrected chi connectivity index (χ2v) is 3.83. The van der Waals surface area contributed by atoms with E-state index in [0.29, 0.717) is 6.07 Å². The van der Waals surface area contributed by atoms with Crippen LogP contribution in [0.2, 0.25) is 0 Å². The zero-order chi connectivity index (χ0) is 17.3. The number of halogens is 3. The second kappa shape index (κ2) is 9.02. The summed E-state index contributed by atoms with van der Waals surface area (Å²) in [5.41, 5.74) is -1.44. The first-order valence-electron chi connectivity index (χ1n) is 6.86. The molecule has 0 radical (unpaired) electrons. The third kappa shape index (κ3) is 5.35. The van der Waals surface area contributed by atoms with E-state index < -0.39 is 23.5 Å². The van der Waals surface area contributed by atoms with Crippen LogP contribution in [-0.2, 0) is 15.7 Å². The Balaban J connectivity index is 0.00000211. The summed E-state index contributed by atoms with van der Waals surface area (Å²) in [6.07, 6.45) is -3.32. The van der Waals surface area contributed by atoms with Gasteiger partial charge < -0.3 is 4.74 Å². The Morgan fingerprint density at radius 3 is 2.27 bits per heavy atom. The molecule has 0 N–H and O–H groups in total. The molecule has 0 atom stereocenters. The number of esters is 1. The average molecular weight is 316 g/mol. The summed E-state index contributed by atoms with van der Waals surface area (Å²) in [5.74, 6) is -1.64. The molecule has 6 heteroatoms. The van der Waals surface area contributed by atoms with Gasteiger partial charge in [-0.05, 0) is 26.0 Å². The van der Waals surface area contributed by atoms with E-state index in [2.05, 4.69) is 4.74 Å². The maximum absolute atomic E-state index is 12.6. The van der Waals surface area contributed by atoms with Crippen LogP contribution < -0.4 is 0 Å². The molecule has 0 unspecified atom stereocenters. The van der Waals surface area contributed by atoms with E-state index >= 15 is 0 Å². The Bertz CT molecular complexity index is 546. The van der Waals surface area contributed by atoms with Gasteiger partial charge in [0.1, 0.15) is 5.57 Å². The molecule has 1 aromatic carbocycles. The van der Waals surface area contributed by atoms with Gasteiger partial charge in [-0.3, -0.25) is 4.79 Å². The molecule has 0 saturated carbocycles. The summed E-state index contributed by atoms with van der Waals surface area (Å²) in [5, 5.41) is 0. The lowest BCUT2D eigenvalue weighted by molar-refractivity contribution is -0.138. The SMILES string of the molecule is C/C=C(\C(=O)OCC)C(=O)c1cccc(C(F)(F)F)c1.CC. The monoisotopic (exact) mass is 316 g/mol. The van der Waals surface area contributed by atoms with Crippen molar-refractivity contribution in [3.63, 3.8) is 0 Å². The summed E-state index contributed by atoms with van der Waals surface area (Å²) in [6.45, 7) is 7.09. The number of carbonyl (C=O) groups is 2. The highest BCUT2D eigenvalue weighted by atomic mass is 19.4. The van der Waals surface area contributed by atoms with Crippen LogP contribution in [0.1, 0.15) is 43.6 Å². The smallest absolute Gasteiger partial charge is 0.416 e. The number of ketones is 1. The van der Waals surface area contributed by atoms with Crippen LogP contribution in [-0.4, -0.2) is 18.4 Å². The van der Waals surface area contributed by atoms with E-state index in [-0.39, 0.29) is 17.7 Å². The van der Waals surface area contributed by atoms with E-state index in [9.17, 15) is 22.8 Å². The van der Waals surface area contributed by atoms with Crippen molar-refractivity contribution in [1.29, 1.82) is 0 Å². The molecule has 0 bridgehead atoms. The van der Waals surface area contributed by atoms with Crippen molar-refractivity contribution in [2.75, 3.05) is 6.61 Å². The molecule has 22 heavy (non-hydrogen) atoms. The first-order valence-corrected chi connectivity index (χ1v) is 6.86. The fraction of sp³-hybridized carbons (Fsp3) is 0.375. The number of alkyl halides is 3. The van der Waals surface area contributed by atoms with E-state index in [0.717, 1.165) is 12.1 Å². The number of hydrogen-bond donors (Lipinski definition) is 0. The van der Waals surface area contributed by atoms with Crippen LogP contribution in [0.3, 0.4) is 0 Å². The quantitative estimate of drug-likeness (QED) is 0.271. The molecule has 122 valence electrons. The van der Waals surface area contributed by atoms with Gasteiger partial charge in [0.25, 0.3) is 0 Å². The Kier molecular flexibility index (Phi) is 8.15. The van der Waals surface area contributed by atoms with Gasteiger partial charge in [-0.25, -0.2) is 4.79 Å². The van der Waals surface area contributed by atoms with Crippen molar-refractivity contribution in [2.45, 2.75) is 33.9 Å². The van der Waals surface area contributed by atoms with Gasteiger partial charge in [0.15, 0.2) is 5.78 Å². The molecule has 0 aliphatic heterocycles. The predicted molar refractivity (Wildman–Crippen MR) is 77.5 cm³/mol. The molecule has 0 fully saturated rings. The average Bonchev–Trinajstić information content (AvgIpc) is 2.49. The molecule has 0 amide bonds. The number of Topliss-reactive ketones (excluding diaryl/α,β-unsaturated/α-hetero) is 1. The van der Waals surface area contributed by atoms with Crippen LogP contribution in [0.25, 0.3) is 0 Å². The zero-order valence-corrected chi connectivity index (χ0v) is 13.0. The van der Waals surface area contributed by atoms with Crippen LogP contribution in [0.5, 0.6) is 0 Å². The molecule has 0 saturated heterocycles. The standard InChI is InChI=1S/C14H13F3O3.C2H6/c1-3-11(13(19)20-4-2)12(18)9-6-5-7-10(8-9)14(15,16)17;1-2/h3,5-8H,4H2,1-2H3;1-2H3/b11-3-;. The minimum absolute atomic E-state index is 0.0754. The Labute approximate surface area is 127 Å². The van der Waals surface area contributed by atoms with Gasteiger partial charge in [-0.2, -0.15) is 13.2 Å². The number of benzene rings is 1. The maximum Gasteiger partial charge on any atom is 0.416 e. The molecular formula is C16H19F3O3. The van der Waals surface area contributed by atoms with Gasteiger partial charge in [0.05, 0.1) is 12.2 Å². The minimum Gasteiger partial charge on any atom is -0.462 e. The molecule has 1 rings (SSSR count). The van der Waals surface area contributed by atoms with Gasteiger partial charge in [0, 0.05) is 5.56 Å². The number of allylic oxidation sites excluding steroid dienone is 1. The molecule has 0 aliphatic rings. The van der Waals surface area contributed by atoms with Gasteiger partial charge in [-0.15, -0.1) is 0 Å². The van der Waals surface area contributed by atoms with Crippen molar-refractivity contribution in [3.05, 3.63) is 47.0 Å². The molecule has 0 aromatic heterocycles. The zero-order valence-electron chi connectivity index (χ0n) is 13.0. The van der Waals surface area contributed by atoms with Crippen molar-refractivity contribution < 1.29 is 27.5 Å². The van der Waals surface area contributed by atoms with Crippen molar-refractivity contribution >= 4 is 11.8 Å². The topological polar surface area (TPSA) is 43.4 Å². The highest BCUT2D eigenvalue weighted by Crippen LogP contribution is 2.30. The van der Waals surface area contributed by atoms with Crippen molar-refractivity contribution in [2.24, 2.45) is 0 Å². The first-order chi connectivity index (χ1) is 10.3. The second-order valence-electron chi connectivity index (χ2n) is 3.83. The third-order valence-electron chi connectivity index (χ3n) is 2.48. The maximum atomic E-state index is 12.6. The van der Waals surface area contributed by atoms with E-state index in [1.807, 2.05) is 13.8 Å². The molecule has 1 aromatic rings. The normalized spacial score (nSPS) is 11.3. The number of rotatable bonds is 4. The fourth-order valence-corrected chi connectivity index (χ4v) is 1.54. The molecule has 0 heterocycles. The summed E-state index contributed by atoms with van der Waals surface area (Å²) in [6, 6.07) is 3.91. The Hall–Kier alpha value is -2.11. The third-order valence-corrected chi connectivity index (χ3v) is 2.48. The Morgan fingerprint density at radius 1 is 1.23 bits per heavy atom. The van der Waals surface area contributed by atoms with Gasteiger partial charge >= 0.3 is 12.1 Å². The highest BCUT2D eigenvalue weighted by Gasteiger charge is 2.31. The van der Waals surface area contributed by atoms with Gasteiger partial charge in [-0.1, -0.05) is 32.1 Å². The summed E-state index contributed by atoms with van der Waals surface area (Å²) in [4.78, 5) is 23.6. The Morgan fingerprint density at radius 2 is 1.82 bits per heavy atom.